The maximum absolute atomic E-state index is 12.9. The normalized spacial score (nSPS) is 15.9. The van der Waals surface area contributed by atoms with E-state index >= 15 is 0 Å². The van der Waals surface area contributed by atoms with Gasteiger partial charge in [-0.2, -0.15) is 15.1 Å². The highest BCUT2D eigenvalue weighted by Crippen LogP contribution is 2.37. The molecule has 2 aliphatic rings. The van der Waals surface area contributed by atoms with Crippen LogP contribution in [0.15, 0.2) is 76.3 Å². The van der Waals surface area contributed by atoms with Gasteiger partial charge in [0.15, 0.2) is 17.3 Å². The van der Waals surface area contributed by atoms with Crippen LogP contribution in [0.1, 0.15) is 29.2 Å². The van der Waals surface area contributed by atoms with E-state index in [2.05, 4.69) is 32.7 Å². The van der Waals surface area contributed by atoms with Gasteiger partial charge < -0.3 is 9.47 Å². The third-order valence-corrected chi connectivity index (χ3v) is 7.78. The van der Waals surface area contributed by atoms with Crippen molar-refractivity contribution in [3.63, 3.8) is 0 Å². The minimum absolute atomic E-state index is 0.0535. The van der Waals surface area contributed by atoms with Crippen molar-refractivity contribution >= 4 is 74.0 Å². The van der Waals surface area contributed by atoms with Crippen molar-refractivity contribution in [3.8, 4) is 11.5 Å². The van der Waals surface area contributed by atoms with Gasteiger partial charge in [-0.05, 0) is 83.6 Å². The minimum atomic E-state index is -0.503. The minimum Gasteiger partial charge on any atom is -0.490 e. The summed E-state index contributed by atoms with van der Waals surface area (Å²) in [6.07, 6.45) is 1.63. The summed E-state index contributed by atoms with van der Waals surface area (Å²) in [6, 6.07) is 19.2. The van der Waals surface area contributed by atoms with Crippen LogP contribution in [0, 0.1) is 15.9 Å². The topological polar surface area (TPSA) is 87.3 Å². The van der Waals surface area contributed by atoms with E-state index in [-0.39, 0.29) is 11.4 Å². The Morgan fingerprint density at radius 1 is 1.13 bits per heavy atom. The SMILES string of the molecule is CCOc1cc(/C=C2/C(=N)N3N=C(c4ccccc4Cl)SC3=NC2=O)cc(I)c1OCc1ccc(C)cc1. The molecule has 0 radical (unpaired) electrons. The molecule has 0 unspecified atom stereocenters. The Bertz CT molecular complexity index is 1540. The van der Waals surface area contributed by atoms with Crippen LogP contribution in [-0.2, 0) is 11.4 Å². The predicted molar refractivity (Wildman–Crippen MR) is 161 cm³/mol. The quantitative estimate of drug-likeness (QED) is 0.221. The summed E-state index contributed by atoms with van der Waals surface area (Å²) < 4.78 is 12.8. The Kier molecular flexibility index (Phi) is 7.87. The van der Waals surface area contributed by atoms with Gasteiger partial charge in [-0.1, -0.05) is 59.6 Å². The summed E-state index contributed by atoms with van der Waals surface area (Å²) in [5.41, 5.74) is 3.78. The molecule has 0 atom stereocenters. The number of rotatable bonds is 7. The van der Waals surface area contributed by atoms with E-state index in [0.717, 1.165) is 14.7 Å². The molecule has 0 saturated heterocycles. The average Bonchev–Trinajstić information content (AvgIpc) is 3.31. The molecule has 3 aromatic carbocycles. The fourth-order valence-electron chi connectivity index (χ4n) is 3.82. The number of carbonyl (C=O) groups excluding carboxylic acids is 1. The highest BCUT2D eigenvalue weighted by atomic mass is 127. The van der Waals surface area contributed by atoms with Crippen molar-refractivity contribution in [2.45, 2.75) is 20.5 Å². The van der Waals surface area contributed by atoms with E-state index in [1.807, 2.05) is 62.4 Å². The number of hydrazone groups is 1. The van der Waals surface area contributed by atoms with Crippen LogP contribution in [0.3, 0.4) is 0 Å². The molecular weight excluding hydrogens is 635 g/mol. The second kappa shape index (κ2) is 11.3. The molecule has 0 aliphatic carbocycles. The van der Waals surface area contributed by atoms with Gasteiger partial charge in [0, 0.05) is 5.56 Å². The zero-order chi connectivity index (χ0) is 26.8. The van der Waals surface area contributed by atoms with Crippen LogP contribution in [0.5, 0.6) is 11.5 Å². The fraction of sp³-hybridized carbons (Fsp3) is 0.143. The number of halogens is 2. The van der Waals surface area contributed by atoms with Crippen LogP contribution in [0.2, 0.25) is 5.02 Å². The van der Waals surface area contributed by atoms with Gasteiger partial charge in [-0.25, -0.2) is 0 Å². The number of benzene rings is 3. The number of hydrogen-bond donors (Lipinski definition) is 1. The molecule has 0 fully saturated rings. The highest BCUT2D eigenvalue weighted by Gasteiger charge is 2.36. The molecule has 38 heavy (non-hydrogen) atoms. The van der Waals surface area contributed by atoms with Crippen molar-refractivity contribution in [2.24, 2.45) is 10.1 Å². The summed E-state index contributed by atoms with van der Waals surface area (Å²) in [5, 5.41) is 16.0. The first-order chi connectivity index (χ1) is 18.3. The lowest BCUT2D eigenvalue weighted by molar-refractivity contribution is -0.114. The van der Waals surface area contributed by atoms with E-state index in [9.17, 15) is 4.79 Å². The van der Waals surface area contributed by atoms with Crippen LogP contribution in [0.25, 0.3) is 6.08 Å². The Balaban J connectivity index is 1.43. The summed E-state index contributed by atoms with van der Waals surface area (Å²) in [6.45, 7) is 4.79. The smallest absolute Gasteiger partial charge is 0.283 e. The number of carbonyl (C=O) groups is 1. The fourth-order valence-corrected chi connectivity index (χ4v) is 5.81. The van der Waals surface area contributed by atoms with E-state index < -0.39 is 5.91 Å². The van der Waals surface area contributed by atoms with Crippen LogP contribution >= 0.6 is 46.0 Å². The maximum Gasteiger partial charge on any atom is 0.283 e. The first-order valence-corrected chi connectivity index (χ1v) is 14.0. The summed E-state index contributed by atoms with van der Waals surface area (Å²) >= 11 is 9.73. The molecule has 10 heteroatoms. The number of thioether (sulfide) groups is 1. The Labute approximate surface area is 243 Å². The number of fused-ring (bicyclic) bond motifs is 1. The van der Waals surface area contributed by atoms with Crippen molar-refractivity contribution in [2.75, 3.05) is 6.61 Å². The number of nitrogens with one attached hydrogen (secondary N) is 1. The molecule has 0 spiro atoms. The van der Waals surface area contributed by atoms with Gasteiger partial charge in [0.05, 0.1) is 20.8 Å². The zero-order valence-electron chi connectivity index (χ0n) is 20.5. The molecule has 2 heterocycles. The average molecular weight is 657 g/mol. The maximum atomic E-state index is 12.9. The molecule has 1 amide bonds. The molecule has 5 rings (SSSR count). The first-order valence-electron chi connectivity index (χ1n) is 11.7. The number of amides is 1. The first kappa shape index (κ1) is 26.5. The largest absolute Gasteiger partial charge is 0.490 e. The summed E-state index contributed by atoms with van der Waals surface area (Å²) in [7, 11) is 0. The van der Waals surface area contributed by atoms with E-state index in [0.29, 0.717) is 45.5 Å². The molecule has 7 nitrogen and oxygen atoms in total. The van der Waals surface area contributed by atoms with Gasteiger partial charge in [0.1, 0.15) is 11.7 Å². The number of ether oxygens (including phenoxy) is 2. The molecule has 192 valence electrons. The molecule has 2 aliphatic heterocycles. The van der Waals surface area contributed by atoms with Gasteiger partial charge >= 0.3 is 0 Å². The Morgan fingerprint density at radius 2 is 1.89 bits per heavy atom. The zero-order valence-corrected chi connectivity index (χ0v) is 24.2. The van der Waals surface area contributed by atoms with Gasteiger partial charge in [0.2, 0.25) is 5.17 Å². The molecule has 0 aromatic heterocycles. The Morgan fingerprint density at radius 3 is 2.63 bits per heavy atom. The van der Waals surface area contributed by atoms with Gasteiger partial charge in [0.25, 0.3) is 5.91 Å². The third kappa shape index (κ3) is 5.50. The van der Waals surface area contributed by atoms with Crippen LogP contribution < -0.4 is 9.47 Å². The molecule has 1 N–H and O–H groups in total. The van der Waals surface area contributed by atoms with Crippen molar-refractivity contribution in [1.82, 2.24) is 5.01 Å². The van der Waals surface area contributed by atoms with Crippen molar-refractivity contribution in [1.29, 1.82) is 5.41 Å². The van der Waals surface area contributed by atoms with Crippen LogP contribution in [-0.4, -0.2) is 33.6 Å². The number of aliphatic imine (C=N–C) groups is 1. The summed E-state index contributed by atoms with van der Waals surface area (Å²) in [5.74, 6) is 0.637. The molecule has 3 aromatic rings. The van der Waals surface area contributed by atoms with Crippen molar-refractivity contribution in [3.05, 3.63) is 97.1 Å². The van der Waals surface area contributed by atoms with Gasteiger partial charge in [-0.3, -0.25) is 10.2 Å². The summed E-state index contributed by atoms with van der Waals surface area (Å²) in [4.78, 5) is 17.1. The lowest BCUT2D eigenvalue weighted by Crippen LogP contribution is -2.35. The highest BCUT2D eigenvalue weighted by molar-refractivity contribution is 14.1. The van der Waals surface area contributed by atoms with Crippen molar-refractivity contribution < 1.29 is 14.3 Å². The van der Waals surface area contributed by atoms with Crippen LogP contribution in [0.4, 0.5) is 0 Å². The van der Waals surface area contributed by atoms with Gasteiger partial charge in [-0.15, -0.1) is 0 Å². The van der Waals surface area contributed by atoms with E-state index in [4.69, 9.17) is 26.5 Å². The predicted octanol–water partition coefficient (Wildman–Crippen LogP) is 6.90. The number of aryl methyl sites for hydroxylation is 1. The monoisotopic (exact) mass is 656 g/mol. The molecular formula is C28H22ClIN4O3S. The van der Waals surface area contributed by atoms with E-state index in [1.165, 1.54) is 22.3 Å². The second-order valence-corrected chi connectivity index (χ2v) is 11.0. The number of nitrogens with zero attached hydrogens (tertiary/aromatic N) is 3. The third-order valence-electron chi connectivity index (χ3n) is 5.71. The van der Waals surface area contributed by atoms with E-state index in [1.54, 1.807) is 18.2 Å². The molecule has 0 bridgehead atoms. The Hall–Kier alpha value is -3.15. The standard InChI is InChI=1S/C28H22ClIN4O3S/c1-3-36-23-14-18(13-22(30)24(23)37-15-17-10-8-16(2)9-11-17)12-20-25(31)34-28(32-26(20)35)38-27(33-34)19-6-4-5-7-21(19)29/h4-14,31H,3,15H2,1-2H3/b20-12-,31-25?. The number of hydrogen-bond acceptors (Lipinski definition) is 6. The second-order valence-electron chi connectivity index (χ2n) is 8.44. The lowest BCUT2D eigenvalue weighted by atomic mass is 10.1. The number of amidine groups is 2. The molecule has 0 saturated carbocycles. The lowest BCUT2D eigenvalue weighted by Gasteiger charge is -2.20.